The minimum atomic E-state index is -0.883. The van der Waals surface area contributed by atoms with Crippen LogP contribution in [0.5, 0.6) is 0 Å². The number of nitrogens with zero attached hydrogens (tertiary/aromatic N) is 10. The summed E-state index contributed by atoms with van der Waals surface area (Å²) in [6.45, 7) is 39.5. The van der Waals surface area contributed by atoms with Crippen molar-refractivity contribution in [2.75, 3.05) is 52.6 Å². The first-order valence-electron chi connectivity index (χ1n) is 19.0. The van der Waals surface area contributed by atoms with Crippen molar-refractivity contribution in [2.45, 2.75) is 105 Å². The number of esters is 2. The Morgan fingerprint density at radius 2 is 0.982 bits per heavy atom. The lowest BCUT2D eigenvalue weighted by molar-refractivity contribution is -1.36. The van der Waals surface area contributed by atoms with E-state index in [9.17, 15) is 9.59 Å². The highest BCUT2D eigenvalue weighted by Crippen LogP contribution is 2.27. The fraction of sp³-hybridized carbons (Fsp3) is 0.684. The van der Waals surface area contributed by atoms with E-state index in [2.05, 4.69) is 84.8 Å². The Balaban J connectivity index is 5.56. The van der Waals surface area contributed by atoms with Gasteiger partial charge >= 0.3 is 11.9 Å². The molecule has 0 aromatic rings. The number of hydrogen-bond acceptors (Lipinski definition) is 15. The normalized spacial score (nSPS) is 15.3. The molecule has 4 unspecified atom stereocenters. The monoisotopic (exact) mass is 779 g/mol. The van der Waals surface area contributed by atoms with Crippen LogP contribution in [0.1, 0.15) is 93.9 Å². The second kappa shape index (κ2) is 26.6. The lowest BCUT2D eigenvalue weighted by atomic mass is 10.1. The molecule has 0 spiro atoms. The number of hydrogen-bond donors (Lipinski definition) is 0. The number of carbonyl (C=O) groups is 2. The third kappa shape index (κ3) is 17.9. The highest BCUT2D eigenvalue weighted by molar-refractivity contribution is 5.82. The van der Waals surface area contributed by atoms with Gasteiger partial charge in [-0.1, -0.05) is 66.5 Å². The van der Waals surface area contributed by atoms with Crippen molar-refractivity contribution in [1.82, 2.24) is 10.0 Å². The quantitative estimate of drug-likeness (QED) is 0.0143. The van der Waals surface area contributed by atoms with Crippen LogP contribution in [0.4, 0.5) is 0 Å². The van der Waals surface area contributed by atoms with E-state index in [1.165, 1.54) is 12.2 Å². The first kappa shape index (κ1) is 50.8. The molecule has 0 saturated carbocycles. The molecule has 0 aliphatic heterocycles. The molecule has 0 aromatic carbocycles. The maximum atomic E-state index is 12.0. The number of ether oxygens (including phenoxy) is 4. The molecule has 312 valence electrons. The fourth-order valence-electron chi connectivity index (χ4n) is 4.75. The predicted octanol–water partition coefficient (Wildman–Crippen LogP) is 6.12. The second-order valence-electron chi connectivity index (χ2n) is 13.2. The summed E-state index contributed by atoms with van der Waals surface area (Å²) < 4.78 is 23.0. The van der Waals surface area contributed by atoms with E-state index in [-0.39, 0.29) is 51.3 Å². The van der Waals surface area contributed by atoms with Crippen molar-refractivity contribution in [1.29, 1.82) is 0 Å². The van der Waals surface area contributed by atoms with Crippen LogP contribution in [-0.2, 0) is 33.5 Å². The van der Waals surface area contributed by atoms with Crippen LogP contribution in [0.2, 0.25) is 0 Å². The van der Waals surface area contributed by atoms with Crippen molar-refractivity contribution >= 4 is 52.2 Å². The summed E-state index contributed by atoms with van der Waals surface area (Å²) in [5.74, 6) is -0.159. The summed E-state index contributed by atoms with van der Waals surface area (Å²) in [7, 11) is 0. The third-order valence-electron chi connectivity index (χ3n) is 9.40. The van der Waals surface area contributed by atoms with Gasteiger partial charge < -0.3 is 18.9 Å². The van der Waals surface area contributed by atoms with Gasteiger partial charge in [-0.3, -0.25) is 10.0 Å². The van der Waals surface area contributed by atoms with E-state index in [0.717, 1.165) is 12.8 Å². The third-order valence-corrected chi connectivity index (χ3v) is 9.40. The topological polar surface area (TPSA) is 161 Å². The van der Waals surface area contributed by atoms with Gasteiger partial charge in [0.1, 0.15) is 14.7 Å². The first-order chi connectivity index (χ1) is 26.1. The van der Waals surface area contributed by atoms with E-state index >= 15 is 0 Å². The van der Waals surface area contributed by atoms with Crippen LogP contribution >= 0.6 is 0 Å². The maximum absolute atomic E-state index is 12.0. The Labute approximate surface area is 329 Å². The van der Waals surface area contributed by atoms with Gasteiger partial charge in [0.25, 0.3) is 0 Å². The van der Waals surface area contributed by atoms with Gasteiger partial charge in [0.15, 0.2) is 24.5 Å². The highest BCUT2D eigenvalue weighted by atomic mass is 17.0. The van der Waals surface area contributed by atoms with Gasteiger partial charge in [0, 0.05) is 38.4 Å². The standard InChI is InChI=1S/C38H70N10O7/c1-15-33(5)21-23-35(49)51-29-19-31-53-37(7,17-3)45(39-9)25-27-47(41-11,42-12)55-48(43-13,44-14)28-26-46(40-10)38(8,18-4)54-32-20-30-52-36(50)24-22-34(6)16-2/h21-24,33-34H,9-20,25-32H2,1-8H3/q+2/b23-21-,24-22+. The zero-order chi connectivity index (χ0) is 42.0. The number of carbonyl (C=O) groups excluding carboxylic acids is 2. The van der Waals surface area contributed by atoms with E-state index in [1.807, 2.05) is 53.7 Å². The number of hydrazone groups is 2. The van der Waals surface area contributed by atoms with Gasteiger partial charge in [0.2, 0.25) is 0 Å². The number of allylic oxidation sites excluding steroid dienone is 2. The molecule has 0 rings (SSSR count). The molecule has 4 atom stereocenters. The molecule has 0 aliphatic carbocycles. The maximum Gasteiger partial charge on any atom is 0.330 e. The molecular formula is C38H70N10O7+2. The van der Waals surface area contributed by atoms with E-state index in [1.54, 1.807) is 10.0 Å². The second-order valence-corrected chi connectivity index (χ2v) is 13.2. The summed E-state index contributed by atoms with van der Waals surface area (Å²) in [6.07, 6.45) is 10.5. The summed E-state index contributed by atoms with van der Waals surface area (Å²) in [6, 6.07) is 0. The van der Waals surface area contributed by atoms with Gasteiger partial charge in [-0.2, -0.15) is 10.2 Å². The fourth-order valence-corrected chi connectivity index (χ4v) is 4.75. The van der Waals surface area contributed by atoms with Crippen LogP contribution in [0, 0.1) is 11.8 Å². The molecule has 0 aliphatic rings. The summed E-state index contributed by atoms with van der Waals surface area (Å²) >= 11 is 0. The van der Waals surface area contributed by atoms with Crippen molar-refractivity contribution < 1.29 is 43.2 Å². The minimum absolute atomic E-state index is 0.0351. The molecule has 55 heavy (non-hydrogen) atoms. The van der Waals surface area contributed by atoms with Crippen LogP contribution in [-0.4, -0.2) is 136 Å². The largest absolute Gasteiger partial charge is 0.462 e. The van der Waals surface area contributed by atoms with Crippen LogP contribution in [0.25, 0.3) is 0 Å². The van der Waals surface area contributed by atoms with Crippen LogP contribution in [0.15, 0.2) is 54.9 Å². The van der Waals surface area contributed by atoms with Crippen molar-refractivity contribution in [3.8, 4) is 0 Å². The van der Waals surface area contributed by atoms with E-state index < -0.39 is 21.2 Å². The van der Waals surface area contributed by atoms with Crippen LogP contribution in [0.3, 0.4) is 0 Å². The zero-order valence-corrected chi connectivity index (χ0v) is 34.9. The summed E-state index contributed by atoms with van der Waals surface area (Å²) in [5.41, 5.74) is -1.77. The Kier molecular flexibility index (Phi) is 24.6. The number of quaternary nitrogens is 2. The summed E-state index contributed by atoms with van der Waals surface area (Å²) in [4.78, 5) is 28.6. The molecule has 0 amide bonds. The number of rotatable bonds is 34. The van der Waals surface area contributed by atoms with E-state index in [4.69, 9.17) is 23.9 Å². The lowest BCUT2D eigenvalue weighted by Gasteiger charge is -2.39. The van der Waals surface area contributed by atoms with E-state index in [0.29, 0.717) is 50.7 Å². The van der Waals surface area contributed by atoms with Gasteiger partial charge in [-0.05, 0) is 58.9 Å². The first-order valence-corrected chi connectivity index (χ1v) is 19.0. The van der Waals surface area contributed by atoms with Crippen LogP contribution < -0.4 is 0 Å². The number of hydroxylamine groups is 2. The Morgan fingerprint density at radius 1 is 0.636 bits per heavy atom. The van der Waals surface area contributed by atoms with Crippen molar-refractivity contribution in [3.05, 3.63) is 24.3 Å². The van der Waals surface area contributed by atoms with Gasteiger partial charge in [-0.15, -0.1) is 0 Å². The predicted molar refractivity (Wildman–Crippen MR) is 220 cm³/mol. The van der Waals surface area contributed by atoms with Crippen molar-refractivity contribution in [2.24, 2.45) is 42.4 Å². The molecule has 0 saturated heterocycles. The highest BCUT2D eigenvalue weighted by Gasteiger charge is 2.48. The molecule has 0 bridgehead atoms. The Morgan fingerprint density at radius 3 is 1.25 bits per heavy atom. The molecule has 17 nitrogen and oxygen atoms in total. The lowest BCUT2D eigenvalue weighted by Crippen LogP contribution is -2.57. The molecule has 0 heterocycles. The molecule has 17 heteroatoms. The molecule has 0 N–H and O–H groups in total. The summed E-state index contributed by atoms with van der Waals surface area (Å²) in [5, 5.41) is 28.2. The van der Waals surface area contributed by atoms with Crippen molar-refractivity contribution in [3.63, 3.8) is 0 Å². The smallest absolute Gasteiger partial charge is 0.330 e. The molecular weight excluding hydrogens is 708 g/mol. The average Bonchev–Trinajstić information content (AvgIpc) is 3.20. The van der Waals surface area contributed by atoms with Gasteiger partial charge in [-0.25, -0.2) is 9.59 Å². The Hall–Kier alpha value is -4.16. The van der Waals surface area contributed by atoms with Gasteiger partial charge in [0.05, 0.1) is 66.4 Å². The zero-order valence-electron chi connectivity index (χ0n) is 34.9. The SMILES string of the molecule is C=NN(CC[N+](N=C)(N=C)O[N+](CCN(N=C)C(C)(CC)OCCCOC(=O)/C=C/C(C)CC)(N=C)N=C)C(C)(CC)OCCCOC(=O)/C=C\C(C)CC. The Bertz CT molecular complexity index is 1170. The molecule has 0 radical (unpaired) electrons. The average molecular weight is 779 g/mol. The molecule has 0 aromatic heterocycles. The minimum Gasteiger partial charge on any atom is -0.462 e. The molecule has 0 fully saturated rings.